The number of nitrogens with zero attached hydrogens (tertiary/aromatic N) is 3. The van der Waals surface area contributed by atoms with Crippen LogP contribution in [-0.4, -0.2) is 40.7 Å². The van der Waals surface area contributed by atoms with Gasteiger partial charge < -0.3 is 18.9 Å². The van der Waals surface area contributed by atoms with Crippen LogP contribution in [0.25, 0.3) is 11.4 Å². The van der Waals surface area contributed by atoms with Gasteiger partial charge in [0.05, 0.1) is 0 Å². The first-order valence-corrected chi connectivity index (χ1v) is 9.88. The van der Waals surface area contributed by atoms with Crippen LogP contribution in [0.15, 0.2) is 47.0 Å². The predicted octanol–water partition coefficient (Wildman–Crippen LogP) is 3.63. The van der Waals surface area contributed by atoms with Crippen molar-refractivity contribution in [3.05, 3.63) is 59.7 Å². The second-order valence-electron chi connectivity index (χ2n) is 6.87. The van der Waals surface area contributed by atoms with Gasteiger partial charge in [0.1, 0.15) is 19.0 Å². The molecule has 0 saturated carbocycles. The highest BCUT2D eigenvalue weighted by Crippen LogP contribution is 2.34. The third-order valence-electron chi connectivity index (χ3n) is 4.87. The van der Waals surface area contributed by atoms with E-state index in [0.717, 1.165) is 5.56 Å². The molecule has 0 aliphatic carbocycles. The third kappa shape index (κ3) is 4.42. The minimum Gasteiger partial charge on any atom is -0.486 e. The van der Waals surface area contributed by atoms with E-state index < -0.39 is 0 Å². The summed E-state index contributed by atoms with van der Waals surface area (Å²) in [4.78, 5) is 18.8. The SMILES string of the molecule is CCN(Cc1cccc2c1OCCO2)C(=O)CCc1nc(-c2ccc(F)cc2)no1. The standard InChI is InChI=1S/C22H22FN3O4/c1-2-26(14-16-4-3-5-18-21(16)29-13-12-28-18)20(27)11-10-19-24-22(25-30-19)15-6-8-17(23)9-7-15/h3-9H,2,10-14H2,1H3. The Hall–Kier alpha value is -3.42. The average Bonchev–Trinajstić information content (AvgIpc) is 3.25. The van der Waals surface area contributed by atoms with Gasteiger partial charge in [0.2, 0.25) is 17.6 Å². The van der Waals surface area contributed by atoms with Gasteiger partial charge in [-0.2, -0.15) is 4.98 Å². The Labute approximate surface area is 173 Å². The number of aromatic nitrogens is 2. The summed E-state index contributed by atoms with van der Waals surface area (Å²) in [6.45, 7) is 3.96. The van der Waals surface area contributed by atoms with Crippen molar-refractivity contribution in [1.29, 1.82) is 0 Å². The maximum absolute atomic E-state index is 13.1. The molecule has 2 heterocycles. The molecule has 0 spiro atoms. The number of carbonyl (C=O) groups excluding carboxylic acids is 1. The molecule has 1 aromatic heterocycles. The van der Waals surface area contributed by atoms with Crippen molar-refractivity contribution in [2.75, 3.05) is 19.8 Å². The van der Waals surface area contributed by atoms with E-state index in [1.807, 2.05) is 25.1 Å². The smallest absolute Gasteiger partial charge is 0.227 e. The zero-order chi connectivity index (χ0) is 20.9. The molecule has 0 N–H and O–H groups in total. The number of fused-ring (bicyclic) bond motifs is 1. The van der Waals surface area contributed by atoms with Crippen LogP contribution in [0.5, 0.6) is 11.5 Å². The van der Waals surface area contributed by atoms with Gasteiger partial charge in [-0.15, -0.1) is 0 Å². The lowest BCUT2D eigenvalue weighted by atomic mass is 10.1. The van der Waals surface area contributed by atoms with Gasteiger partial charge in [0, 0.05) is 37.1 Å². The normalized spacial score (nSPS) is 12.6. The molecule has 3 aromatic rings. The van der Waals surface area contributed by atoms with Crippen LogP contribution in [0.3, 0.4) is 0 Å². The van der Waals surface area contributed by atoms with Gasteiger partial charge in [-0.1, -0.05) is 17.3 Å². The third-order valence-corrected chi connectivity index (χ3v) is 4.87. The van der Waals surface area contributed by atoms with Crippen LogP contribution in [0.2, 0.25) is 0 Å². The largest absolute Gasteiger partial charge is 0.486 e. The lowest BCUT2D eigenvalue weighted by Gasteiger charge is -2.25. The molecule has 2 aromatic carbocycles. The van der Waals surface area contributed by atoms with Crippen molar-refractivity contribution < 1.29 is 23.2 Å². The first kappa shape index (κ1) is 19.9. The summed E-state index contributed by atoms with van der Waals surface area (Å²) in [5.41, 5.74) is 1.57. The molecule has 8 heteroatoms. The number of benzene rings is 2. The number of halogens is 1. The number of carbonyl (C=O) groups is 1. The lowest BCUT2D eigenvalue weighted by molar-refractivity contribution is -0.131. The summed E-state index contributed by atoms with van der Waals surface area (Å²) >= 11 is 0. The molecule has 156 valence electrons. The molecule has 4 rings (SSSR count). The summed E-state index contributed by atoms with van der Waals surface area (Å²) < 4.78 is 29.7. The molecule has 0 unspecified atom stereocenters. The van der Waals surface area contributed by atoms with E-state index in [1.165, 1.54) is 12.1 Å². The molecule has 7 nitrogen and oxygen atoms in total. The van der Waals surface area contributed by atoms with Gasteiger partial charge in [-0.25, -0.2) is 4.39 Å². The highest BCUT2D eigenvalue weighted by Gasteiger charge is 2.20. The van der Waals surface area contributed by atoms with E-state index in [1.54, 1.807) is 17.0 Å². The van der Waals surface area contributed by atoms with Crippen LogP contribution in [0, 0.1) is 5.82 Å². The van der Waals surface area contributed by atoms with Gasteiger partial charge in [-0.3, -0.25) is 4.79 Å². The van der Waals surface area contributed by atoms with Crippen molar-refractivity contribution in [3.63, 3.8) is 0 Å². The molecule has 0 fully saturated rings. The Bertz CT molecular complexity index is 1020. The van der Waals surface area contributed by atoms with Crippen LogP contribution < -0.4 is 9.47 Å². The number of hydrogen-bond donors (Lipinski definition) is 0. The minimum atomic E-state index is -0.329. The fraction of sp³-hybridized carbons (Fsp3) is 0.318. The topological polar surface area (TPSA) is 77.7 Å². The summed E-state index contributed by atoms with van der Waals surface area (Å²) in [7, 11) is 0. The predicted molar refractivity (Wildman–Crippen MR) is 107 cm³/mol. The number of ether oxygens (including phenoxy) is 2. The Morgan fingerprint density at radius 2 is 1.93 bits per heavy atom. The molecule has 0 bridgehead atoms. The Morgan fingerprint density at radius 1 is 1.13 bits per heavy atom. The van der Waals surface area contributed by atoms with Crippen LogP contribution in [0.4, 0.5) is 4.39 Å². The number of aryl methyl sites for hydroxylation is 1. The maximum atomic E-state index is 13.1. The lowest BCUT2D eigenvalue weighted by Crippen LogP contribution is -2.31. The molecule has 1 aliphatic rings. The van der Waals surface area contributed by atoms with E-state index >= 15 is 0 Å². The van der Waals surface area contributed by atoms with Crippen LogP contribution >= 0.6 is 0 Å². The Morgan fingerprint density at radius 3 is 2.73 bits per heavy atom. The number of para-hydroxylation sites is 1. The molecule has 0 atom stereocenters. The average molecular weight is 411 g/mol. The van der Waals surface area contributed by atoms with Crippen molar-refractivity contribution in [2.45, 2.75) is 26.3 Å². The van der Waals surface area contributed by atoms with Gasteiger partial charge >= 0.3 is 0 Å². The van der Waals surface area contributed by atoms with Gasteiger partial charge in [-0.05, 0) is 37.3 Å². The van der Waals surface area contributed by atoms with E-state index in [2.05, 4.69) is 10.1 Å². The van der Waals surface area contributed by atoms with E-state index in [0.29, 0.717) is 61.5 Å². The maximum Gasteiger partial charge on any atom is 0.227 e. The van der Waals surface area contributed by atoms with Crippen molar-refractivity contribution in [2.24, 2.45) is 0 Å². The second-order valence-corrected chi connectivity index (χ2v) is 6.87. The van der Waals surface area contributed by atoms with Crippen molar-refractivity contribution in [3.8, 4) is 22.9 Å². The fourth-order valence-electron chi connectivity index (χ4n) is 3.29. The number of hydrogen-bond acceptors (Lipinski definition) is 6. The van der Waals surface area contributed by atoms with Crippen molar-refractivity contribution >= 4 is 5.91 Å². The summed E-state index contributed by atoms with van der Waals surface area (Å²) in [6, 6.07) is 11.5. The number of amides is 1. The second kappa shape index (κ2) is 8.94. The van der Waals surface area contributed by atoms with E-state index in [4.69, 9.17) is 14.0 Å². The van der Waals surface area contributed by atoms with E-state index in [-0.39, 0.29) is 18.1 Å². The quantitative estimate of drug-likeness (QED) is 0.591. The molecule has 0 radical (unpaired) electrons. The molecular weight excluding hydrogens is 389 g/mol. The van der Waals surface area contributed by atoms with Crippen LogP contribution in [0.1, 0.15) is 24.8 Å². The zero-order valence-corrected chi connectivity index (χ0v) is 16.6. The first-order valence-electron chi connectivity index (χ1n) is 9.88. The number of rotatable bonds is 7. The Kier molecular flexibility index (Phi) is 5.92. The van der Waals surface area contributed by atoms with Gasteiger partial charge in [0.25, 0.3) is 0 Å². The van der Waals surface area contributed by atoms with Crippen LogP contribution in [-0.2, 0) is 17.8 Å². The summed E-state index contributed by atoms with van der Waals surface area (Å²) in [6.07, 6.45) is 0.571. The fourth-order valence-corrected chi connectivity index (χ4v) is 3.29. The molecule has 1 amide bonds. The summed E-state index contributed by atoms with van der Waals surface area (Å²) in [5, 5.41) is 3.91. The molecule has 30 heavy (non-hydrogen) atoms. The summed E-state index contributed by atoms with van der Waals surface area (Å²) in [5.74, 6) is 1.81. The monoisotopic (exact) mass is 411 g/mol. The first-order chi connectivity index (χ1) is 14.6. The highest BCUT2D eigenvalue weighted by atomic mass is 19.1. The highest BCUT2D eigenvalue weighted by molar-refractivity contribution is 5.76. The van der Waals surface area contributed by atoms with E-state index in [9.17, 15) is 9.18 Å². The zero-order valence-electron chi connectivity index (χ0n) is 16.6. The van der Waals surface area contributed by atoms with Gasteiger partial charge in [0.15, 0.2) is 11.5 Å². The molecule has 0 saturated heterocycles. The minimum absolute atomic E-state index is 0.0200. The molecular formula is C22H22FN3O4. The molecule has 1 aliphatic heterocycles. The Balaban J connectivity index is 1.38. The van der Waals surface area contributed by atoms with Crippen molar-refractivity contribution in [1.82, 2.24) is 15.0 Å².